The number of aromatic nitrogens is 2. The van der Waals surface area contributed by atoms with E-state index in [1.165, 1.54) is 0 Å². The molecule has 0 radical (unpaired) electrons. The number of nitrogens with zero attached hydrogens (tertiary/aromatic N) is 2. The Balaban J connectivity index is 1.43. The molecular formula is C16H18ClN3O4. The minimum atomic E-state index is -0.208. The van der Waals surface area contributed by atoms with E-state index in [9.17, 15) is 4.79 Å². The van der Waals surface area contributed by atoms with Crippen LogP contribution in [-0.4, -0.2) is 35.6 Å². The van der Waals surface area contributed by atoms with Gasteiger partial charge in [-0.15, -0.1) is 0 Å². The molecule has 24 heavy (non-hydrogen) atoms. The number of fused-ring (bicyclic) bond motifs is 1. The van der Waals surface area contributed by atoms with Crippen LogP contribution < -0.4 is 19.5 Å². The first-order valence-electron chi connectivity index (χ1n) is 7.53. The number of carbonyl (C=O) groups is 1. The van der Waals surface area contributed by atoms with Gasteiger partial charge in [0.2, 0.25) is 6.79 Å². The Labute approximate surface area is 144 Å². The highest BCUT2D eigenvalue weighted by atomic mass is 35.5. The lowest BCUT2D eigenvalue weighted by atomic mass is 10.3. The highest BCUT2D eigenvalue weighted by molar-refractivity contribution is 6.31. The average molecular weight is 352 g/mol. The molecule has 1 aliphatic heterocycles. The first-order chi connectivity index (χ1) is 11.5. The summed E-state index contributed by atoms with van der Waals surface area (Å²) in [5.74, 6) is 1.64. The molecule has 1 aromatic carbocycles. The van der Waals surface area contributed by atoms with Gasteiger partial charge in [0, 0.05) is 12.6 Å². The number of halogens is 1. The maximum Gasteiger partial charge on any atom is 0.258 e. The molecule has 0 atom stereocenters. The predicted molar refractivity (Wildman–Crippen MR) is 87.8 cm³/mol. The van der Waals surface area contributed by atoms with E-state index in [0.717, 1.165) is 11.4 Å². The average Bonchev–Trinajstić information content (AvgIpc) is 3.13. The quantitative estimate of drug-likeness (QED) is 0.862. The Morgan fingerprint density at radius 2 is 2.17 bits per heavy atom. The standard InChI is InChI=1S/C16H18ClN3O4/c1-10-16(17)11(2)20(19-10)6-5-18-15(21)8-22-12-3-4-13-14(7-12)24-9-23-13/h3-4,7H,5-6,8-9H2,1-2H3,(H,18,21). The summed E-state index contributed by atoms with van der Waals surface area (Å²) in [5.41, 5.74) is 1.67. The molecule has 1 aliphatic rings. The number of hydrogen-bond acceptors (Lipinski definition) is 5. The van der Waals surface area contributed by atoms with E-state index in [4.69, 9.17) is 25.8 Å². The maximum absolute atomic E-state index is 11.8. The Hall–Kier alpha value is -2.41. The van der Waals surface area contributed by atoms with E-state index < -0.39 is 0 Å². The number of hydrogen-bond donors (Lipinski definition) is 1. The first kappa shape index (κ1) is 16.4. The smallest absolute Gasteiger partial charge is 0.258 e. The van der Waals surface area contributed by atoms with E-state index in [1.807, 2.05) is 13.8 Å². The Morgan fingerprint density at radius 3 is 2.92 bits per heavy atom. The molecule has 0 saturated heterocycles. The van der Waals surface area contributed by atoms with Crippen molar-refractivity contribution in [1.29, 1.82) is 0 Å². The van der Waals surface area contributed by atoms with Crippen LogP contribution >= 0.6 is 11.6 Å². The summed E-state index contributed by atoms with van der Waals surface area (Å²) >= 11 is 6.09. The highest BCUT2D eigenvalue weighted by Gasteiger charge is 2.14. The van der Waals surface area contributed by atoms with Crippen LogP contribution in [0.2, 0.25) is 5.02 Å². The Kier molecular flexibility index (Phi) is 4.80. The van der Waals surface area contributed by atoms with Crippen LogP contribution in [0.25, 0.3) is 0 Å². The van der Waals surface area contributed by atoms with Gasteiger partial charge in [0.1, 0.15) is 5.75 Å². The fourth-order valence-electron chi connectivity index (χ4n) is 2.36. The lowest BCUT2D eigenvalue weighted by Gasteiger charge is -2.09. The molecule has 1 N–H and O–H groups in total. The van der Waals surface area contributed by atoms with Gasteiger partial charge in [0.05, 0.1) is 23.0 Å². The maximum atomic E-state index is 11.8. The van der Waals surface area contributed by atoms with E-state index in [1.54, 1.807) is 22.9 Å². The number of amides is 1. The van der Waals surface area contributed by atoms with Crippen LogP contribution in [0, 0.1) is 13.8 Å². The number of aryl methyl sites for hydroxylation is 1. The van der Waals surface area contributed by atoms with E-state index in [0.29, 0.717) is 35.4 Å². The first-order valence-corrected chi connectivity index (χ1v) is 7.91. The summed E-state index contributed by atoms with van der Waals surface area (Å²) in [6.45, 7) is 4.88. The number of rotatable bonds is 6. The topological polar surface area (TPSA) is 74.6 Å². The van der Waals surface area contributed by atoms with Gasteiger partial charge in [-0.1, -0.05) is 11.6 Å². The fraction of sp³-hybridized carbons (Fsp3) is 0.375. The largest absolute Gasteiger partial charge is 0.484 e. The van der Waals surface area contributed by atoms with Crippen LogP contribution in [0.4, 0.5) is 0 Å². The third-order valence-electron chi connectivity index (χ3n) is 3.65. The minimum absolute atomic E-state index is 0.0719. The SMILES string of the molecule is Cc1nn(CCNC(=O)COc2ccc3c(c2)OCO3)c(C)c1Cl. The second kappa shape index (κ2) is 7.00. The van der Waals surface area contributed by atoms with Crippen molar-refractivity contribution in [3.05, 3.63) is 34.6 Å². The van der Waals surface area contributed by atoms with E-state index in [-0.39, 0.29) is 19.3 Å². The predicted octanol–water partition coefficient (Wildman–Crippen LogP) is 2.08. The number of ether oxygens (including phenoxy) is 3. The summed E-state index contributed by atoms with van der Waals surface area (Å²) in [6, 6.07) is 5.19. The summed E-state index contributed by atoms with van der Waals surface area (Å²) < 4.78 is 17.7. The summed E-state index contributed by atoms with van der Waals surface area (Å²) in [4.78, 5) is 11.8. The fourth-order valence-corrected chi connectivity index (χ4v) is 2.50. The van der Waals surface area contributed by atoms with Gasteiger partial charge in [0.15, 0.2) is 18.1 Å². The highest BCUT2D eigenvalue weighted by Crippen LogP contribution is 2.34. The molecule has 3 rings (SSSR count). The van der Waals surface area contributed by atoms with Crippen molar-refractivity contribution in [3.63, 3.8) is 0 Å². The molecule has 0 aliphatic carbocycles. The lowest BCUT2D eigenvalue weighted by molar-refractivity contribution is -0.123. The van der Waals surface area contributed by atoms with Crippen LogP contribution in [0.15, 0.2) is 18.2 Å². The molecule has 1 amide bonds. The molecule has 1 aromatic heterocycles. The van der Waals surface area contributed by atoms with Gasteiger partial charge < -0.3 is 19.5 Å². The normalized spacial score (nSPS) is 12.3. The molecule has 2 heterocycles. The molecule has 0 bridgehead atoms. The molecule has 8 heteroatoms. The molecule has 0 fully saturated rings. The summed E-state index contributed by atoms with van der Waals surface area (Å²) in [5, 5.41) is 7.76. The summed E-state index contributed by atoms with van der Waals surface area (Å²) in [7, 11) is 0. The van der Waals surface area contributed by atoms with Crippen molar-refractivity contribution in [2.24, 2.45) is 0 Å². The zero-order chi connectivity index (χ0) is 17.1. The molecule has 7 nitrogen and oxygen atoms in total. The molecule has 2 aromatic rings. The van der Waals surface area contributed by atoms with Gasteiger partial charge >= 0.3 is 0 Å². The zero-order valence-electron chi connectivity index (χ0n) is 13.5. The van der Waals surface area contributed by atoms with Crippen LogP contribution in [0.1, 0.15) is 11.4 Å². The molecule has 0 spiro atoms. The number of carbonyl (C=O) groups excluding carboxylic acids is 1. The third kappa shape index (κ3) is 3.56. The van der Waals surface area contributed by atoms with Gasteiger partial charge in [-0.3, -0.25) is 9.48 Å². The second-order valence-electron chi connectivity index (χ2n) is 5.36. The van der Waals surface area contributed by atoms with Crippen LogP contribution in [0.3, 0.4) is 0 Å². The van der Waals surface area contributed by atoms with Crippen molar-refractivity contribution in [1.82, 2.24) is 15.1 Å². The van der Waals surface area contributed by atoms with Crippen molar-refractivity contribution in [2.45, 2.75) is 20.4 Å². The summed E-state index contributed by atoms with van der Waals surface area (Å²) in [6.07, 6.45) is 0. The second-order valence-corrected chi connectivity index (χ2v) is 5.74. The lowest BCUT2D eigenvalue weighted by Crippen LogP contribution is -2.32. The van der Waals surface area contributed by atoms with Crippen LogP contribution in [-0.2, 0) is 11.3 Å². The number of benzene rings is 1. The van der Waals surface area contributed by atoms with Crippen molar-refractivity contribution >= 4 is 17.5 Å². The van der Waals surface area contributed by atoms with Gasteiger partial charge in [-0.2, -0.15) is 5.10 Å². The van der Waals surface area contributed by atoms with E-state index >= 15 is 0 Å². The monoisotopic (exact) mass is 351 g/mol. The van der Waals surface area contributed by atoms with E-state index in [2.05, 4.69) is 10.4 Å². The molecule has 128 valence electrons. The Morgan fingerprint density at radius 1 is 1.38 bits per heavy atom. The van der Waals surface area contributed by atoms with Crippen molar-refractivity contribution in [3.8, 4) is 17.2 Å². The molecular weight excluding hydrogens is 334 g/mol. The van der Waals surface area contributed by atoms with Crippen molar-refractivity contribution in [2.75, 3.05) is 19.9 Å². The zero-order valence-corrected chi connectivity index (χ0v) is 14.2. The number of nitrogens with one attached hydrogen (secondary N) is 1. The Bertz CT molecular complexity index is 760. The van der Waals surface area contributed by atoms with Gasteiger partial charge in [0.25, 0.3) is 5.91 Å². The van der Waals surface area contributed by atoms with Crippen molar-refractivity contribution < 1.29 is 19.0 Å². The van der Waals surface area contributed by atoms with Crippen LogP contribution in [0.5, 0.6) is 17.2 Å². The molecule has 0 unspecified atom stereocenters. The molecule has 0 saturated carbocycles. The minimum Gasteiger partial charge on any atom is -0.484 e. The third-order valence-corrected chi connectivity index (χ3v) is 4.20. The van der Waals surface area contributed by atoms with Gasteiger partial charge in [-0.05, 0) is 26.0 Å². The van der Waals surface area contributed by atoms with Gasteiger partial charge in [-0.25, -0.2) is 0 Å².